The maximum atomic E-state index is 13.2. The molecule has 0 aliphatic carbocycles. The first-order valence-electron chi connectivity index (χ1n) is 7.93. The number of hydrogen-bond acceptors (Lipinski definition) is 6. The van der Waals surface area contributed by atoms with Crippen LogP contribution in [0, 0.1) is 0 Å². The van der Waals surface area contributed by atoms with E-state index in [4.69, 9.17) is 11.6 Å². The molecular formula is C17H11ClF3N3O4S2. The Hall–Kier alpha value is -2.70. The van der Waals surface area contributed by atoms with E-state index in [1.807, 2.05) is 0 Å². The van der Waals surface area contributed by atoms with Crippen molar-refractivity contribution in [3.05, 3.63) is 77.8 Å². The van der Waals surface area contributed by atoms with Crippen LogP contribution >= 0.6 is 11.6 Å². The molecule has 158 valence electrons. The number of nitrogens with zero attached hydrogens (tertiary/aromatic N) is 3. The highest BCUT2D eigenvalue weighted by Crippen LogP contribution is 2.39. The molecule has 0 saturated carbocycles. The molecule has 2 heterocycles. The number of pyridine rings is 2. The second-order valence-corrected chi connectivity index (χ2v) is 9.96. The SMILES string of the molecule is O=S(=O)(c1cccnc1)N(c1cc(C(F)(F)F)ccc1Cl)S(=O)(=O)c1cccnc1. The average molecular weight is 478 g/mol. The molecule has 0 N–H and O–H groups in total. The predicted octanol–water partition coefficient (Wildman–Crippen LogP) is 3.73. The van der Waals surface area contributed by atoms with Gasteiger partial charge in [0.25, 0.3) is 20.0 Å². The van der Waals surface area contributed by atoms with Gasteiger partial charge in [-0.05, 0) is 42.5 Å². The lowest BCUT2D eigenvalue weighted by Gasteiger charge is -2.25. The van der Waals surface area contributed by atoms with Crippen molar-refractivity contribution in [3.63, 3.8) is 0 Å². The van der Waals surface area contributed by atoms with Crippen molar-refractivity contribution in [2.45, 2.75) is 16.0 Å². The normalized spacial score (nSPS) is 12.5. The number of hydrogen-bond donors (Lipinski definition) is 0. The zero-order chi connectivity index (χ0) is 22.2. The van der Waals surface area contributed by atoms with E-state index < -0.39 is 52.3 Å². The van der Waals surface area contributed by atoms with Crippen molar-refractivity contribution >= 4 is 37.3 Å². The van der Waals surface area contributed by atoms with E-state index in [0.29, 0.717) is 12.1 Å². The molecule has 0 amide bonds. The average Bonchev–Trinajstić information content (AvgIpc) is 2.70. The van der Waals surface area contributed by atoms with Crippen molar-refractivity contribution in [2.24, 2.45) is 0 Å². The first-order chi connectivity index (χ1) is 14.0. The summed E-state index contributed by atoms with van der Waals surface area (Å²) in [5.74, 6) is 0. The molecule has 7 nitrogen and oxygen atoms in total. The van der Waals surface area contributed by atoms with Gasteiger partial charge >= 0.3 is 6.18 Å². The Labute approximate surface area is 174 Å². The monoisotopic (exact) mass is 477 g/mol. The fourth-order valence-electron chi connectivity index (χ4n) is 2.41. The van der Waals surface area contributed by atoms with Crippen LogP contribution in [-0.4, -0.2) is 26.8 Å². The summed E-state index contributed by atoms with van der Waals surface area (Å²) in [5, 5.41) is -0.525. The van der Waals surface area contributed by atoms with Crippen LogP contribution in [0.4, 0.5) is 18.9 Å². The minimum atomic E-state index is -4.94. The van der Waals surface area contributed by atoms with Gasteiger partial charge in [0.15, 0.2) is 0 Å². The molecule has 0 aliphatic heterocycles. The number of benzene rings is 1. The zero-order valence-corrected chi connectivity index (χ0v) is 17.0. The fourth-order valence-corrected chi connectivity index (χ4v) is 6.35. The molecular weight excluding hydrogens is 467 g/mol. The first kappa shape index (κ1) is 22.0. The molecule has 0 atom stereocenters. The van der Waals surface area contributed by atoms with Gasteiger partial charge in [-0.3, -0.25) is 9.97 Å². The number of aromatic nitrogens is 2. The molecule has 0 aliphatic rings. The first-order valence-corrected chi connectivity index (χ1v) is 11.2. The number of alkyl halides is 3. The molecule has 30 heavy (non-hydrogen) atoms. The van der Waals surface area contributed by atoms with Crippen molar-refractivity contribution in [2.75, 3.05) is 3.71 Å². The van der Waals surface area contributed by atoms with Crippen LogP contribution in [0.2, 0.25) is 5.02 Å². The fraction of sp³-hybridized carbons (Fsp3) is 0.0588. The number of halogens is 4. The predicted molar refractivity (Wildman–Crippen MR) is 102 cm³/mol. The Morgan fingerprint density at radius 1 is 0.833 bits per heavy atom. The summed E-state index contributed by atoms with van der Waals surface area (Å²) in [7, 11) is -9.88. The van der Waals surface area contributed by atoms with Crippen LogP contribution in [0.25, 0.3) is 0 Å². The van der Waals surface area contributed by atoms with E-state index >= 15 is 0 Å². The van der Waals surface area contributed by atoms with Gasteiger partial charge in [-0.15, -0.1) is 0 Å². The van der Waals surface area contributed by atoms with Gasteiger partial charge in [0, 0.05) is 24.8 Å². The third kappa shape index (κ3) is 4.11. The van der Waals surface area contributed by atoms with E-state index in [1.165, 1.54) is 24.5 Å². The number of rotatable bonds is 5. The highest BCUT2D eigenvalue weighted by molar-refractivity contribution is 8.10. The van der Waals surface area contributed by atoms with Crippen molar-refractivity contribution in [1.29, 1.82) is 0 Å². The van der Waals surface area contributed by atoms with Crippen molar-refractivity contribution in [1.82, 2.24) is 9.97 Å². The molecule has 3 aromatic rings. The van der Waals surface area contributed by atoms with Gasteiger partial charge in [-0.1, -0.05) is 11.6 Å². The molecule has 0 fully saturated rings. The van der Waals surface area contributed by atoms with Gasteiger partial charge in [0.2, 0.25) is 0 Å². The smallest absolute Gasteiger partial charge is 0.263 e. The van der Waals surface area contributed by atoms with Crippen LogP contribution < -0.4 is 3.71 Å². The number of anilines is 1. The Kier molecular flexibility index (Phi) is 5.76. The minimum Gasteiger partial charge on any atom is -0.263 e. The molecule has 0 saturated heterocycles. The summed E-state index contributed by atoms with van der Waals surface area (Å²) >= 11 is 5.96. The highest BCUT2D eigenvalue weighted by Gasteiger charge is 2.40. The summed E-state index contributed by atoms with van der Waals surface area (Å²) in [5.41, 5.74) is -2.17. The molecule has 13 heteroatoms. The topological polar surface area (TPSA) is 97.3 Å². The van der Waals surface area contributed by atoms with E-state index in [0.717, 1.165) is 30.6 Å². The van der Waals surface area contributed by atoms with Gasteiger partial charge < -0.3 is 0 Å². The molecule has 3 rings (SSSR count). The Bertz CT molecular complexity index is 1200. The van der Waals surface area contributed by atoms with E-state index in [-0.39, 0.29) is 3.71 Å². The Morgan fingerprint density at radius 2 is 1.33 bits per heavy atom. The van der Waals surface area contributed by atoms with E-state index in [1.54, 1.807) is 0 Å². The van der Waals surface area contributed by atoms with Gasteiger partial charge in [0.05, 0.1) is 16.3 Å². The minimum absolute atomic E-state index is 0.147. The lowest BCUT2D eigenvalue weighted by atomic mass is 10.2. The third-order valence-corrected chi connectivity index (χ3v) is 8.21. The highest BCUT2D eigenvalue weighted by atomic mass is 35.5. The lowest BCUT2D eigenvalue weighted by molar-refractivity contribution is -0.137. The van der Waals surface area contributed by atoms with E-state index in [2.05, 4.69) is 9.97 Å². The van der Waals surface area contributed by atoms with Crippen LogP contribution in [0.1, 0.15) is 5.56 Å². The van der Waals surface area contributed by atoms with Crippen LogP contribution in [0.15, 0.2) is 77.0 Å². The summed E-state index contributed by atoms with van der Waals surface area (Å²) in [4.78, 5) is 6.14. The quantitative estimate of drug-likeness (QED) is 0.555. The summed E-state index contributed by atoms with van der Waals surface area (Å²) < 4.78 is 92.4. The van der Waals surface area contributed by atoms with Crippen molar-refractivity contribution < 1.29 is 30.0 Å². The van der Waals surface area contributed by atoms with Gasteiger partial charge in [0.1, 0.15) is 9.79 Å². The third-order valence-electron chi connectivity index (χ3n) is 3.77. The molecule has 1 aromatic carbocycles. The molecule has 0 bridgehead atoms. The molecule has 2 aromatic heterocycles. The Morgan fingerprint density at radius 3 is 1.73 bits per heavy atom. The second-order valence-electron chi connectivity index (χ2n) is 5.75. The second kappa shape index (κ2) is 7.85. The summed E-state index contributed by atoms with van der Waals surface area (Å²) in [6, 6.07) is 6.29. The molecule has 0 radical (unpaired) electrons. The summed E-state index contributed by atoms with van der Waals surface area (Å²) in [6.07, 6.45) is -0.654. The largest absolute Gasteiger partial charge is 0.416 e. The number of sulfonamides is 2. The molecule has 0 unspecified atom stereocenters. The van der Waals surface area contributed by atoms with Crippen LogP contribution in [-0.2, 0) is 26.2 Å². The zero-order valence-electron chi connectivity index (χ0n) is 14.7. The van der Waals surface area contributed by atoms with Crippen LogP contribution in [0.3, 0.4) is 0 Å². The van der Waals surface area contributed by atoms with Crippen LogP contribution in [0.5, 0.6) is 0 Å². The molecule has 0 spiro atoms. The van der Waals surface area contributed by atoms with E-state index in [9.17, 15) is 30.0 Å². The van der Waals surface area contributed by atoms with Gasteiger partial charge in [-0.25, -0.2) is 0 Å². The standard InChI is InChI=1S/C17H11ClF3N3O4S2/c18-15-6-5-12(17(19,20)21)9-16(15)24(29(25,26)13-3-1-7-22-10-13)30(27,28)14-4-2-8-23-11-14/h1-11H. The maximum absolute atomic E-state index is 13.2. The summed E-state index contributed by atoms with van der Waals surface area (Å²) in [6.45, 7) is 0. The van der Waals surface area contributed by atoms with Crippen molar-refractivity contribution in [3.8, 4) is 0 Å². The maximum Gasteiger partial charge on any atom is 0.416 e. The van der Waals surface area contributed by atoms with Gasteiger partial charge in [-0.2, -0.15) is 33.7 Å². The Balaban J connectivity index is 2.36. The lowest BCUT2D eigenvalue weighted by Crippen LogP contribution is -2.37.